The van der Waals surface area contributed by atoms with Crippen molar-refractivity contribution in [2.75, 3.05) is 6.61 Å². The maximum absolute atomic E-state index is 11.7. The third kappa shape index (κ3) is 5.87. The molecule has 0 spiro atoms. The van der Waals surface area contributed by atoms with Crippen LogP contribution in [0.1, 0.15) is 39.4 Å². The van der Waals surface area contributed by atoms with Crippen molar-refractivity contribution in [1.82, 2.24) is 5.32 Å². The normalized spacial score (nSPS) is 13.3. The fourth-order valence-corrected chi connectivity index (χ4v) is 1.89. The molecule has 0 aliphatic carbocycles. The summed E-state index contributed by atoms with van der Waals surface area (Å²) >= 11 is 0. The van der Waals surface area contributed by atoms with Crippen molar-refractivity contribution in [3.63, 3.8) is 0 Å². The molecule has 1 amide bonds. The molecule has 1 unspecified atom stereocenters. The predicted molar refractivity (Wildman–Crippen MR) is 70.1 cm³/mol. The van der Waals surface area contributed by atoms with Crippen molar-refractivity contribution in [3.05, 3.63) is 24.2 Å². The largest absolute Gasteiger partial charge is 0.469 e. The summed E-state index contributed by atoms with van der Waals surface area (Å²) in [6.07, 6.45) is 3.33. The number of carbonyl (C=O) groups is 1. The lowest BCUT2D eigenvalue weighted by Gasteiger charge is -2.25. The molecular weight excluding hydrogens is 230 g/mol. The van der Waals surface area contributed by atoms with Crippen molar-refractivity contribution in [3.8, 4) is 0 Å². The Bertz CT molecular complexity index is 352. The van der Waals surface area contributed by atoms with E-state index >= 15 is 0 Å². The van der Waals surface area contributed by atoms with Gasteiger partial charge < -0.3 is 14.8 Å². The zero-order valence-electron chi connectivity index (χ0n) is 11.4. The van der Waals surface area contributed by atoms with E-state index in [9.17, 15) is 9.90 Å². The van der Waals surface area contributed by atoms with E-state index < -0.39 is 0 Å². The summed E-state index contributed by atoms with van der Waals surface area (Å²) < 4.78 is 5.17. The van der Waals surface area contributed by atoms with Crippen LogP contribution in [-0.4, -0.2) is 23.7 Å². The predicted octanol–water partition coefficient (Wildman–Crippen LogP) is 2.13. The van der Waals surface area contributed by atoms with Crippen LogP contribution in [0.3, 0.4) is 0 Å². The molecule has 1 rings (SSSR count). The molecule has 1 aromatic rings. The Labute approximate surface area is 108 Å². The fourth-order valence-electron chi connectivity index (χ4n) is 1.89. The molecule has 0 saturated carbocycles. The first-order valence-corrected chi connectivity index (χ1v) is 6.33. The van der Waals surface area contributed by atoms with Crippen LogP contribution in [-0.2, 0) is 11.2 Å². The summed E-state index contributed by atoms with van der Waals surface area (Å²) in [5, 5.41) is 12.1. The van der Waals surface area contributed by atoms with E-state index in [1.54, 1.807) is 6.26 Å². The van der Waals surface area contributed by atoms with Crippen LogP contribution in [0.5, 0.6) is 0 Å². The minimum absolute atomic E-state index is 0.0240. The van der Waals surface area contributed by atoms with Gasteiger partial charge in [-0.25, -0.2) is 0 Å². The van der Waals surface area contributed by atoms with Gasteiger partial charge >= 0.3 is 0 Å². The number of aliphatic hydroxyl groups is 1. The Morgan fingerprint density at radius 2 is 2.22 bits per heavy atom. The topological polar surface area (TPSA) is 62.5 Å². The Hall–Kier alpha value is -1.29. The number of hydrogen-bond acceptors (Lipinski definition) is 3. The standard InChI is InChI=1S/C14H23NO3/c1-14(2,3)9-11(10-16)15-13(17)7-6-12-5-4-8-18-12/h4-5,8,11,16H,6-7,9-10H2,1-3H3,(H,15,17). The van der Waals surface area contributed by atoms with Gasteiger partial charge in [0.2, 0.25) is 5.91 Å². The van der Waals surface area contributed by atoms with E-state index in [0.717, 1.165) is 12.2 Å². The second-order valence-electron chi connectivity index (χ2n) is 5.79. The molecule has 2 N–H and O–H groups in total. The third-order valence-electron chi connectivity index (χ3n) is 2.62. The molecule has 4 nitrogen and oxygen atoms in total. The number of carbonyl (C=O) groups excluding carboxylic acids is 1. The second-order valence-corrected chi connectivity index (χ2v) is 5.79. The van der Waals surface area contributed by atoms with Crippen LogP contribution in [0.2, 0.25) is 0 Å². The minimum Gasteiger partial charge on any atom is -0.469 e. The van der Waals surface area contributed by atoms with E-state index in [4.69, 9.17) is 4.42 Å². The first kappa shape index (κ1) is 14.8. The molecule has 1 heterocycles. The summed E-state index contributed by atoms with van der Waals surface area (Å²) in [6, 6.07) is 3.49. The van der Waals surface area contributed by atoms with E-state index in [1.165, 1.54) is 0 Å². The van der Waals surface area contributed by atoms with Gasteiger partial charge in [0.05, 0.1) is 18.9 Å². The average molecular weight is 253 g/mol. The zero-order chi connectivity index (χ0) is 13.6. The van der Waals surface area contributed by atoms with Crippen LogP contribution in [0, 0.1) is 5.41 Å². The van der Waals surface area contributed by atoms with Crippen LogP contribution < -0.4 is 5.32 Å². The quantitative estimate of drug-likeness (QED) is 0.816. The van der Waals surface area contributed by atoms with Crippen molar-refractivity contribution in [2.24, 2.45) is 5.41 Å². The Morgan fingerprint density at radius 3 is 2.72 bits per heavy atom. The highest BCUT2D eigenvalue weighted by Crippen LogP contribution is 2.20. The summed E-state index contributed by atoms with van der Waals surface area (Å²) in [4.78, 5) is 11.7. The number of nitrogens with one attached hydrogen (secondary N) is 1. The molecule has 0 aliphatic heterocycles. The van der Waals surface area contributed by atoms with Crippen molar-refractivity contribution < 1.29 is 14.3 Å². The summed E-state index contributed by atoms with van der Waals surface area (Å²) in [6.45, 7) is 6.24. The van der Waals surface area contributed by atoms with Crippen molar-refractivity contribution in [1.29, 1.82) is 0 Å². The van der Waals surface area contributed by atoms with Crippen LogP contribution >= 0.6 is 0 Å². The molecule has 0 fully saturated rings. The molecule has 0 aromatic carbocycles. The van der Waals surface area contributed by atoms with Gasteiger partial charge in [-0.3, -0.25) is 4.79 Å². The fraction of sp³-hybridized carbons (Fsp3) is 0.643. The number of aliphatic hydroxyl groups excluding tert-OH is 1. The van der Waals surface area contributed by atoms with Gasteiger partial charge in [0, 0.05) is 12.8 Å². The average Bonchev–Trinajstić information content (AvgIpc) is 2.76. The van der Waals surface area contributed by atoms with Crippen LogP contribution in [0.4, 0.5) is 0 Å². The van der Waals surface area contributed by atoms with E-state index in [-0.39, 0.29) is 24.0 Å². The minimum atomic E-state index is -0.172. The lowest BCUT2D eigenvalue weighted by molar-refractivity contribution is -0.122. The zero-order valence-corrected chi connectivity index (χ0v) is 11.4. The molecule has 0 bridgehead atoms. The first-order chi connectivity index (χ1) is 8.40. The van der Waals surface area contributed by atoms with Crippen molar-refractivity contribution >= 4 is 5.91 Å². The Kier molecular flexibility index (Phi) is 5.41. The lowest BCUT2D eigenvalue weighted by Crippen LogP contribution is -2.40. The number of furan rings is 1. The SMILES string of the molecule is CC(C)(C)CC(CO)NC(=O)CCc1ccco1. The molecule has 0 saturated heterocycles. The lowest BCUT2D eigenvalue weighted by atomic mass is 9.88. The first-order valence-electron chi connectivity index (χ1n) is 6.33. The summed E-state index contributed by atoms with van der Waals surface area (Å²) in [5.41, 5.74) is 0.0850. The molecule has 0 aliphatic rings. The molecular formula is C14H23NO3. The van der Waals surface area contributed by atoms with Crippen molar-refractivity contribution in [2.45, 2.75) is 46.1 Å². The molecule has 102 valence electrons. The van der Waals surface area contributed by atoms with Crippen LogP contribution in [0.15, 0.2) is 22.8 Å². The van der Waals surface area contributed by atoms with Crippen LogP contribution in [0.25, 0.3) is 0 Å². The van der Waals surface area contributed by atoms with Gasteiger partial charge in [-0.1, -0.05) is 20.8 Å². The summed E-state index contributed by atoms with van der Waals surface area (Å²) in [7, 11) is 0. The Balaban J connectivity index is 2.33. The van der Waals surface area contributed by atoms with Gasteiger partial charge in [0.15, 0.2) is 0 Å². The smallest absolute Gasteiger partial charge is 0.220 e. The highest BCUT2D eigenvalue weighted by molar-refractivity contribution is 5.76. The number of aryl methyl sites for hydroxylation is 1. The molecule has 18 heavy (non-hydrogen) atoms. The van der Waals surface area contributed by atoms with E-state index in [2.05, 4.69) is 26.1 Å². The van der Waals surface area contributed by atoms with Gasteiger partial charge in [0.25, 0.3) is 0 Å². The second kappa shape index (κ2) is 6.59. The Morgan fingerprint density at radius 1 is 1.50 bits per heavy atom. The molecule has 0 radical (unpaired) electrons. The van der Waals surface area contributed by atoms with E-state index in [1.807, 2.05) is 12.1 Å². The molecule has 4 heteroatoms. The van der Waals surface area contributed by atoms with Gasteiger partial charge in [0.1, 0.15) is 5.76 Å². The van der Waals surface area contributed by atoms with Gasteiger partial charge in [-0.2, -0.15) is 0 Å². The molecule has 1 atom stereocenters. The molecule has 1 aromatic heterocycles. The number of rotatable bonds is 6. The highest BCUT2D eigenvalue weighted by atomic mass is 16.3. The summed E-state index contributed by atoms with van der Waals surface area (Å²) in [5.74, 6) is 0.760. The number of hydrogen-bond donors (Lipinski definition) is 2. The number of amides is 1. The maximum Gasteiger partial charge on any atom is 0.220 e. The van der Waals surface area contributed by atoms with E-state index in [0.29, 0.717) is 12.8 Å². The maximum atomic E-state index is 11.7. The third-order valence-corrected chi connectivity index (χ3v) is 2.62. The highest BCUT2D eigenvalue weighted by Gasteiger charge is 2.19. The van der Waals surface area contributed by atoms with Gasteiger partial charge in [-0.05, 0) is 24.0 Å². The monoisotopic (exact) mass is 253 g/mol. The van der Waals surface area contributed by atoms with Gasteiger partial charge in [-0.15, -0.1) is 0 Å².